The smallest absolute Gasteiger partial charge is 0.443 e. The highest BCUT2D eigenvalue weighted by Crippen LogP contribution is 2.32. The van der Waals surface area contributed by atoms with Gasteiger partial charge in [-0.2, -0.15) is 4.31 Å². The molecule has 0 saturated carbocycles. The summed E-state index contributed by atoms with van der Waals surface area (Å²) in [5.41, 5.74) is 0.399. The van der Waals surface area contributed by atoms with E-state index in [1.54, 1.807) is 0 Å². The monoisotopic (exact) mass is 503 g/mol. The van der Waals surface area contributed by atoms with Crippen LogP contribution in [0.15, 0.2) is 52.0 Å². The number of Topliss-reactive ketones (excluding diaryl/α,β-unsaturated/α-hetero) is 1. The Morgan fingerprint density at radius 2 is 1.88 bits per heavy atom. The van der Waals surface area contributed by atoms with E-state index in [4.69, 9.17) is 4.42 Å². The molecule has 182 valence electrons. The number of ether oxygens (including phenoxy) is 1. The Bertz CT molecular complexity index is 1340. The zero-order valence-electron chi connectivity index (χ0n) is 17.4. The van der Waals surface area contributed by atoms with Crippen molar-refractivity contribution in [2.24, 2.45) is 0 Å². The highest BCUT2D eigenvalue weighted by atomic mass is 32.2. The van der Waals surface area contributed by atoms with Gasteiger partial charge in [0.15, 0.2) is 17.3 Å². The molecule has 0 aliphatic carbocycles. The van der Waals surface area contributed by atoms with E-state index in [1.165, 1.54) is 18.2 Å². The van der Waals surface area contributed by atoms with Crippen LogP contribution in [0.3, 0.4) is 0 Å². The summed E-state index contributed by atoms with van der Waals surface area (Å²) in [6, 6.07) is 6.65. The molecule has 1 aliphatic rings. The number of sulfonamides is 1. The number of hydrogen-bond donors (Lipinski definition) is 0. The molecule has 0 radical (unpaired) electrons. The summed E-state index contributed by atoms with van der Waals surface area (Å²) in [5.74, 6) is -3.21. The van der Waals surface area contributed by atoms with Crippen LogP contribution >= 0.6 is 0 Å². The van der Waals surface area contributed by atoms with Crippen molar-refractivity contribution < 1.29 is 44.3 Å². The number of carbonyl (C=O) groups is 1. The number of nitrogens with zero attached hydrogens (tertiary/aromatic N) is 1. The minimum Gasteiger partial charge on any atom is -0.443 e. The van der Waals surface area contributed by atoms with Crippen molar-refractivity contribution in [3.8, 4) is 5.75 Å². The quantitative estimate of drug-likeness (QED) is 0.426. The van der Waals surface area contributed by atoms with E-state index in [0.717, 1.165) is 28.6 Å². The van der Waals surface area contributed by atoms with Gasteiger partial charge in [0, 0.05) is 24.4 Å². The van der Waals surface area contributed by atoms with E-state index >= 15 is 0 Å². The molecule has 0 N–H and O–H groups in total. The zero-order valence-corrected chi connectivity index (χ0v) is 18.3. The van der Waals surface area contributed by atoms with Gasteiger partial charge in [-0.15, -0.1) is 13.2 Å². The van der Waals surface area contributed by atoms with Gasteiger partial charge < -0.3 is 9.15 Å². The van der Waals surface area contributed by atoms with Crippen molar-refractivity contribution >= 4 is 26.8 Å². The molecule has 6 nitrogen and oxygen atoms in total. The van der Waals surface area contributed by atoms with Gasteiger partial charge in [-0.1, -0.05) is 6.07 Å². The predicted octanol–water partition coefficient (Wildman–Crippen LogP) is 4.96. The van der Waals surface area contributed by atoms with Crippen LogP contribution in [0.2, 0.25) is 0 Å². The molecule has 34 heavy (non-hydrogen) atoms. The number of furan rings is 1. The van der Waals surface area contributed by atoms with Gasteiger partial charge in [0.05, 0.1) is 6.04 Å². The highest BCUT2D eigenvalue weighted by molar-refractivity contribution is 7.89. The molecule has 1 saturated heterocycles. The first kappa shape index (κ1) is 24.1. The Labute approximate surface area is 191 Å². The van der Waals surface area contributed by atoms with E-state index in [-0.39, 0.29) is 42.3 Å². The summed E-state index contributed by atoms with van der Waals surface area (Å²) in [6.45, 7) is 0.0737. The van der Waals surface area contributed by atoms with E-state index in [2.05, 4.69) is 4.74 Å². The first-order chi connectivity index (χ1) is 15.9. The molecular formula is C22H18F5NO5S. The Morgan fingerprint density at radius 1 is 1.12 bits per heavy atom. The van der Waals surface area contributed by atoms with E-state index < -0.39 is 50.7 Å². The van der Waals surface area contributed by atoms with Crippen molar-refractivity contribution in [2.75, 3.05) is 6.54 Å². The number of halogens is 5. The first-order valence-corrected chi connectivity index (χ1v) is 11.7. The molecule has 12 heteroatoms. The Morgan fingerprint density at radius 3 is 2.62 bits per heavy atom. The van der Waals surface area contributed by atoms with Gasteiger partial charge in [0.25, 0.3) is 10.0 Å². The molecule has 0 bridgehead atoms. The number of carbonyl (C=O) groups excluding carboxylic acids is 1. The third-order valence-corrected chi connectivity index (χ3v) is 7.24. The summed E-state index contributed by atoms with van der Waals surface area (Å²) < 4.78 is 101. The Kier molecular flexibility index (Phi) is 6.38. The van der Waals surface area contributed by atoms with Gasteiger partial charge >= 0.3 is 6.36 Å². The zero-order chi connectivity index (χ0) is 24.7. The molecule has 3 aromatic rings. The average molecular weight is 503 g/mol. The average Bonchev–Trinajstić information content (AvgIpc) is 3.40. The first-order valence-electron chi connectivity index (χ1n) is 10.2. The number of rotatable bonds is 7. The Hall–Kier alpha value is -2.99. The van der Waals surface area contributed by atoms with Gasteiger partial charge in [-0.3, -0.25) is 4.79 Å². The number of ketones is 1. The SMILES string of the molecule is O=C(CCc1ccc(F)c(OC(F)(F)F)c1)[C@@H]1CCCN1S(=O)(=O)c1cc2cc(F)ccc2o1. The van der Waals surface area contributed by atoms with Gasteiger partial charge in [0.2, 0.25) is 5.09 Å². The van der Waals surface area contributed by atoms with Crippen molar-refractivity contribution in [3.05, 3.63) is 59.7 Å². The van der Waals surface area contributed by atoms with E-state index in [0.29, 0.717) is 6.42 Å². The van der Waals surface area contributed by atoms with Gasteiger partial charge in [-0.05, 0) is 55.2 Å². The maximum Gasteiger partial charge on any atom is 0.573 e. The number of hydrogen-bond acceptors (Lipinski definition) is 5. The lowest BCUT2D eigenvalue weighted by atomic mass is 10.0. The minimum atomic E-state index is -5.07. The lowest BCUT2D eigenvalue weighted by Crippen LogP contribution is -2.40. The molecule has 0 unspecified atom stereocenters. The molecule has 0 amide bonds. The van der Waals surface area contributed by atoms with Crippen molar-refractivity contribution in [2.45, 2.75) is 43.2 Å². The molecule has 4 rings (SSSR count). The second kappa shape index (κ2) is 8.99. The largest absolute Gasteiger partial charge is 0.573 e. The van der Waals surface area contributed by atoms with Crippen LogP contribution in [0.25, 0.3) is 11.0 Å². The highest BCUT2D eigenvalue weighted by Gasteiger charge is 2.40. The molecule has 1 aliphatic heterocycles. The third-order valence-electron chi connectivity index (χ3n) is 5.48. The second-order valence-corrected chi connectivity index (χ2v) is 9.62. The lowest BCUT2D eigenvalue weighted by molar-refractivity contribution is -0.275. The van der Waals surface area contributed by atoms with Crippen LogP contribution in [0.4, 0.5) is 22.0 Å². The summed E-state index contributed by atoms with van der Waals surface area (Å²) in [4.78, 5) is 12.8. The standard InChI is InChI=1S/C22H18F5NO5S/c23-15-5-8-19-14(11-15)12-21(32-19)34(30,31)28-9-1-2-17(28)18(29)7-4-13-3-6-16(24)20(10-13)33-22(25,26)27/h3,5-6,8,10-12,17H,1-2,4,7,9H2/t17-/m0/s1. The number of alkyl halides is 3. The minimum absolute atomic E-state index is 0.0400. The number of benzene rings is 2. The summed E-state index contributed by atoms with van der Waals surface area (Å²) in [6.07, 6.45) is -4.61. The molecule has 2 aromatic carbocycles. The molecule has 1 fully saturated rings. The number of aryl methyl sites for hydroxylation is 1. The van der Waals surface area contributed by atoms with Crippen LogP contribution in [-0.2, 0) is 21.2 Å². The topological polar surface area (TPSA) is 76.8 Å². The molecule has 0 spiro atoms. The summed E-state index contributed by atoms with van der Waals surface area (Å²) >= 11 is 0. The van der Waals surface area contributed by atoms with Crippen LogP contribution in [0, 0.1) is 11.6 Å². The van der Waals surface area contributed by atoms with Crippen molar-refractivity contribution in [3.63, 3.8) is 0 Å². The fourth-order valence-electron chi connectivity index (χ4n) is 3.92. The van der Waals surface area contributed by atoms with Gasteiger partial charge in [0.1, 0.15) is 11.4 Å². The third kappa shape index (κ3) is 5.07. The summed E-state index contributed by atoms with van der Waals surface area (Å²) in [7, 11) is -4.19. The van der Waals surface area contributed by atoms with Crippen molar-refractivity contribution in [1.29, 1.82) is 0 Å². The maximum absolute atomic E-state index is 13.6. The fraction of sp³-hybridized carbons (Fsp3) is 0.318. The molecule has 2 heterocycles. The van der Waals surface area contributed by atoms with Crippen LogP contribution in [0.5, 0.6) is 5.75 Å². The Balaban J connectivity index is 1.48. The predicted molar refractivity (Wildman–Crippen MR) is 109 cm³/mol. The maximum atomic E-state index is 13.6. The summed E-state index contributed by atoms with van der Waals surface area (Å²) in [5, 5.41) is -0.158. The van der Waals surface area contributed by atoms with E-state index in [1.807, 2.05) is 0 Å². The molecule has 1 aromatic heterocycles. The van der Waals surface area contributed by atoms with Crippen LogP contribution in [0.1, 0.15) is 24.8 Å². The fourth-order valence-corrected chi connectivity index (χ4v) is 5.55. The van der Waals surface area contributed by atoms with Crippen LogP contribution < -0.4 is 4.74 Å². The second-order valence-electron chi connectivity index (χ2n) is 7.80. The molecular weight excluding hydrogens is 485 g/mol. The van der Waals surface area contributed by atoms with Crippen molar-refractivity contribution in [1.82, 2.24) is 4.31 Å². The normalized spacial score (nSPS) is 17.4. The molecule has 1 atom stereocenters. The number of fused-ring (bicyclic) bond motifs is 1. The van der Waals surface area contributed by atoms with Gasteiger partial charge in [-0.25, -0.2) is 17.2 Å². The van der Waals surface area contributed by atoms with Crippen LogP contribution in [-0.4, -0.2) is 37.5 Å². The lowest BCUT2D eigenvalue weighted by Gasteiger charge is -2.21. The van der Waals surface area contributed by atoms with E-state index in [9.17, 15) is 35.2 Å².